The number of halogens is 1. The number of amides is 2. The third-order valence-corrected chi connectivity index (χ3v) is 5.98. The molecule has 0 saturated carbocycles. The highest BCUT2D eigenvalue weighted by Gasteiger charge is 2.31. The summed E-state index contributed by atoms with van der Waals surface area (Å²) in [4.78, 5) is 36.5. The van der Waals surface area contributed by atoms with Gasteiger partial charge in [0.25, 0.3) is 5.91 Å². The van der Waals surface area contributed by atoms with E-state index in [1.165, 1.54) is 16.2 Å². The Labute approximate surface area is 165 Å². The molecule has 0 bridgehead atoms. The first-order valence-corrected chi connectivity index (χ1v) is 9.66. The van der Waals surface area contributed by atoms with Crippen molar-refractivity contribution in [2.75, 3.05) is 47.3 Å². The van der Waals surface area contributed by atoms with Gasteiger partial charge in [0.15, 0.2) is 5.01 Å². The van der Waals surface area contributed by atoms with E-state index >= 15 is 0 Å². The predicted octanol–water partition coefficient (Wildman–Crippen LogP) is 0.835. The zero-order chi connectivity index (χ0) is 18.0. The van der Waals surface area contributed by atoms with E-state index in [1.54, 1.807) is 19.0 Å². The molecule has 1 atom stereocenters. The number of fused-ring (bicyclic) bond motifs is 1. The van der Waals surface area contributed by atoms with Crippen molar-refractivity contribution in [3.63, 3.8) is 0 Å². The quantitative estimate of drug-likeness (QED) is 0.809. The molecule has 1 aromatic heterocycles. The van der Waals surface area contributed by atoms with Crippen molar-refractivity contribution < 1.29 is 9.59 Å². The first-order chi connectivity index (χ1) is 12.0. The van der Waals surface area contributed by atoms with E-state index in [0.29, 0.717) is 24.4 Å². The van der Waals surface area contributed by atoms with Crippen LogP contribution in [0.1, 0.15) is 33.2 Å². The van der Waals surface area contributed by atoms with Gasteiger partial charge in [-0.1, -0.05) is 0 Å². The van der Waals surface area contributed by atoms with Crippen LogP contribution in [0.5, 0.6) is 0 Å². The number of nitrogens with zero attached hydrogens (tertiary/aromatic N) is 4. The van der Waals surface area contributed by atoms with Crippen molar-refractivity contribution in [3.05, 3.63) is 15.6 Å². The van der Waals surface area contributed by atoms with Gasteiger partial charge in [0, 0.05) is 70.6 Å². The summed E-state index contributed by atoms with van der Waals surface area (Å²) in [5.41, 5.74) is 1.08. The zero-order valence-electron chi connectivity index (χ0n) is 15.7. The lowest BCUT2D eigenvalue weighted by atomic mass is 10.1. The summed E-state index contributed by atoms with van der Waals surface area (Å²) in [6, 6.07) is 0.0498. The fourth-order valence-corrected chi connectivity index (χ4v) is 4.48. The van der Waals surface area contributed by atoms with Gasteiger partial charge in [0.2, 0.25) is 5.91 Å². The summed E-state index contributed by atoms with van der Waals surface area (Å²) in [6.07, 6.45) is 2.06. The minimum atomic E-state index is 0. The highest BCUT2D eigenvalue weighted by atomic mass is 35.5. The largest absolute Gasteiger partial charge is 0.349 e. The highest BCUT2D eigenvalue weighted by molar-refractivity contribution is 7.13. The Kier molecular flexibility index (Phi) is 7.40. The van der Waals surface area contributed by atoms with Crippen molar-refractivity contribution in [2.45, 2.75) is 31.8 Å². The fraction of sp³-hybridized carbons (Fsp3) is 0.706. The molecule has 7 nitrogen and oxygen atoms in total. The van der Waals surface area contributed by atoms with E-state index in [9.17, 15) is 9.59 Å². The number of carbonyl (C=O) groups excluding carboxylic acids is 2. The number of carbonyl (C=O) groups is 2. The third-order valence-electron chi connectivity index (χ3n) is 4.91. The van der Waals surface area contributed by atoms with E-state index in [2.05, 4.69) is 22.2 Å². The molecule has 1 aromatic rings. The normalized spacial score (nSPS) is 20.3. The summed E-state index contributed by atoms with van der Waals surface area (Å²) < 4.78 is 0. The number of aromatic nitrogens is 1. The molecule has 0 aromatic carbocycles. The third kappa shape index (κ3) is 4.73. The number of likely N-dealkylation sites (N-methyl/N-ethyl adjacent to an activating group) is 1. The molecule has 2 aliphatic rings. The van der Waals surface area contributed by atoms with Crippen molar-refractivity contribution in [3.8, 4) is 0 Å². The molecule has 3 heterocycles. The summed E-state index contributed by atoms with van der Waals surface area (Å²) in [7, 11) is 5.63. The molecule has 26 heavy (non-hydrogen) atoms. The van der Waals surface area contributed by atoms with Crippen LogP contribution in [0.15, 0.2) is 0 Å². The maximum atomic E-state index is 13.0. The van der Waals surface area contributed by atoms with E-state index in [-0.39, 0.29) is 30.3 Å². The SMILES string of the molecule is CN1CCc2nc(C(=O)N3CCNCC3CCC(=O)N(C)C)sc2C1.Cl. The van der Waals surface area contributed by atoms with E-state index in [0.717, 1.165) is 38.3 Å². The smallest absolute Gasteiger partial charge is 0.283 e. The number of rotatable bonds is 4. The van der Waals surface area contributed by atoms with E-state index in [4.69, 9.17) is 0 Å². The first kappa shape index (κ1) is 21.1. The number of hydrogen-bond acceptors (Lipinski definition) is 6. The molecule has 0 radical (unpaired) electrons. The van der Waals surface area contributed by atoms with Gasteiger partial charge < -0.3 is 20.0 Å². The summed E-state index contributed by atoms with van der Waals surface area (Å²) in [5, 5.41) is 3.94. The Balaban J connectivity index is 0.00000243. The van der Waals surface area contributed by atoms with Crippen LogP contribution in [0, 0.1) is 0 Å². The Bertz CT molecular complexity index is 651. The molecule has 2 amide bonds. The van der Waals surface area contributed by atoms with Crippen LogP contribution in [-0.2, 0) is 17.8 Å². The molecule has 0 spiro atoms. The summed E-state index contributed by atoms with van der Waals surface area (Å²) in [6.45, 7) is 4.07. The van der Waals surface area contributed by atoms with Crippen LogP contribution in [0.2, 0.25) is 0 Å². The fourth-order valence-electron chi connectivity index (χ4n) is 3.34. The van der Waals surface area contributed by atoms with Gasteiger partial charge in [0.1, 0.15) is 0 Å². The van der Waals surface area contributed by atoms with Crippen LogP contribution in [0.25, 0.3) is 0 Å². The lowest BCUT2D eigenvalue weighted by Crippen LogP contribution is -2.53. The van der Waals surface area contributed by atoms with Gasteiger partial charge in [-0.3, -0.25) is 9.59 Å². The number of hydrogen-bond donors (Lipinski definition) is 1. The molecule has 1 N–H and O–H groups in total. The molecule has 1 fully saturated rings. The van der Waals surface area contributed by atoms with E-state index in [1.807, 2.05) is 4.90 Å². The second kappa shape index (κ2) is 9.12. The van der Waals surface area contributed by atoms with Gasteiger partial charge in [-0.05, 0) is 13.5 Å². The topological polar surface area (TPSA) is 68.8 Å². The van der Waals surface area contributed by atoms with Crippen molar-refractivity contribution in [1.29, 1.82) is 0 Å². The molecule has 1 saturated heterocycles. The molecule has 1 unspecified atom stereocenters. The van der Waals surface area contributed by atoms with Crippen molar-refractivity contribution in [2.24, 2.45) is 0 Å². The lowest BCUT2D eigenvalue weighted by Gasteiger charge is -2.35. The number of piperazine rings is 1. The highest BCUT2D eigenvalue weighted by Crippen LogP contribution is 2.26. The lowest BCUT2D eigenvalue weighted by molar-refractivity contribution is -0.129. The minimum absolute atomic E-state index is 0. The molecular weight excluding hydrogens is 374 g/mol. The van der Waals surface area contributed by atoms with Crippen molar-refractivity contribution >= 4 is 35.6 Å². The molecule has 146 valence electrons. The van der Waals surface area contributed by atoms with Gasteiger partial charge in [0.05, 0.1) is 5.69 Å². The summed E-state index contributed by atoms with van der Waals surface area (Å²) >= 11 is 1.53. The molecule has 2 aliphatic heterocycles. The van der Waals surface area contributed by atoms with Crippen LogP contribution in [-0.4, -0.2) is 84.9 Å². The van der Waals surface area contributed by atoms with Gasteiger partial charge in [-0.25, -0.2) is 4.98 Å². The molecule has 3 rings (SSSR count). The average Bonchev–Trinajstić information content (AvgIpc) is 3.02. The van der Waals surface area contributed by atoms with Gasteiger partial charge in [-0.15, -0.1) is 23.7 Å². The molecule has 9 heteroatoms. The van der Waals surface area contributed by atoms with E-state index < -0.39 is 0 Å². The van der Waals surface area contributed by atoms with Gasteiger partial charge >= 0.3 is 0 Å². The van der Waals surface area contributed by atoms with Crippen LogP contribution in [0.3, 0.4) is 0 Å². The maximum absolute atomic E-state index is 13.0. The monoisotopic (exact) mass is 401 g/mol. The average molecular weight is 402 g/mol. The molecular formula is C17H28ClN5O2S. The van der Waals surface area contributed by atoms with Crippen LogP contribution >= 0.6 is 23.7 Å². The zero-order valence-corrected chi connectivity index (χ0v) is 17.3. The van der Waals surface area contributed by atoms with Crippen LogP contribution in [0.4, 0.5) is 0 Å². The second-order valence-corrected chi connectivity index (χ2v) is 8.14. The van der Waals surface area contributed by atoms with Crippen molar-refractivity contribution in [1.82, 2.24) is 25.0 Å². The number of nitrogens with one attached hydrogen (secondary N) is 1. The van der Waals surface area contributed by atoms with Gasteiger partial charge in [-0.2, -0.15) is 0 Å². The Morgan fingerprint density at radius 2 is 2.12 bits per heavy atom. The first-order valence-electron chi connectivity index (χ1n) is 8.84. The molecule has 0 aliphatic carbocycles. The minimum Gasteiger partial charge on any atom is -0.349 e. The van der Waals surface area contributed by atoms with Crippen LogP contribution < -0.4 is 5.32 Å². The Morgan fingerprint density at radius 1 is 1.35 bits per heavy atom. The predicted molar refractivity (Wildman–Crippen MR) is 105 cm³/mol. The Morgan fingerprint density at radius 3 is 2.85 bits per heavy atom. The Hall–Kier alpha value is -1.22. The standard InChI is InChI=1S/C17H27N5O2S.ClH/c1-20(2)15(23)5-4-12-10-18-7-9-22(12)17(24)16-19-13-6-8-21(3)11-14(13)25-16;/h12,18H,4-11H2,1-3H3;1H. The summed E-state index contributed by atoms with van der Waals surface area (Å²) in [5.74, 6) is 0.122. The maximum Gasteiger partial charge on any atom is 0.283 e. The number of thiazole rings is 1. The second-order valence-electron chi connectivity index (χ2n) is 7.06.